The van der Waals surface area contributed by atoms with Gasteiger partial charge in [0, 0.05) is 29.9 Å². The van der Waals surface area contributed by atoms with Crippen LogP contribution in [0.15, 0.2) is 24.3 Å². The first kappa shape index (κ1) is 24.2. The summed E-state index contributed by atoms with van der Waals surface area (Å²) >= 11 is 0. The molecule has 3 N–H and O–H groups in total. The largest absolute Gasteiger partial charge is 0.466 e. The molecule has 1 aliphatic rings. The summed E-state index contributed by atoms with van der Waals surface area (Å²) < 4.78 is 5.06. The molecule has 3 amide bonds. The Morgan fingerprint density at radius 1 is 1.19 bits per heavy atom. The molecule has 1 heterocycles. The number of ether oxygens (including phenoxy) is 1. The average molecular weight is 433 g/mol. The summed E-state index contributed by atoms with van der Waals surface area (Å²) in [5.74, 6) is -1.33. The van der Waals surface area contributed by atoms with E-state index in [0.29, 0.717) is 30.8 Å². The Labute approximate surface area is 182 Å². The minimum absolute atomic E-state index is 0.0404. The molecule has 0 saturated carbocycles. The molecule has 1 fully saturated rings. The fraction of sp³-hybridized carbons (Fsp3) is 0.545. The van der Waals surface area contributed by atoms with Crippen LogP contribution in [-0.4, -0.2) is 66.4 Å². The molecule has 2 rings (SSSR count). The lowest BCUT2D eigenvalue weighted by Gasteiger charge is -2.34. The molecule has 0 spiro atoms. The third-order valence-electron chi connectivity index (χ3n) is 4.56. The van der Waals surface area contributed by atoms with E-state index in [1.807, 2.05) is 27.7 Å². The molecule has 1 aromatic carbocycles. The topological polar surface area (TPSA) is 117 Å². The van der Waals surface area contributed by atoms with Gasteiger partial charge in [-0.3, -0.25) is 19.2 Å². The standard InChI is InChI=1S/C22H32N4O5/c1-5-12-31-19(28)13-17-21(30)23-10-11-26(17)18(27)14-24-16-8-6-15(7-9-16)20(29)25-22(2,3)4/h6-9,17,24H,5,10-14H2,1-4H3,(H,23,30)(H,25,29). The highest BCUT2D eigenvalue weighted by atomic mass is 16.5. The third-order valence-corrected chi connectivity index (χ3v) is 4.56. The molecule has 9 nitrogen and oxygen atoms in total. The maximum Gasteiger partial charge on any atom is 0.308 e. The van der Waals surface area contributed by atoms with E-state index in [2.05, 4.69) is 16.0 Å². The van der Waals surface area contributed by atoms with Crippen LogP contribution in [0.3, 0.4) is 0 Å². The summed E-state index contributed by atoms with van der Waals surface area (Å²) in [5, 5.41) is 8.58. The molecule has 170 valence electrons. The zero-order valence-electron chi connectivity index (χ0n) is 18.6. The molecule has 1 aliphatic heterocycles. The summed E-state index contributed by atoms with van der Waals surface area (Å²) in [5.41, 5.74) is 0.854. The van der Waals surface area contributed by atoms with Gasteiger partial charge < -0.3 is 25.6 Å². The van der Waals surface area contributed by atoms with Crippen molar-refractivity contribution < 1.29 is 23.9 Å². The predicted molar refractivity (Wildman–Crippen MR) is 117 cm³/mol. The lowest BCUT2D eigenvalue weighted by atomic mass is 10.1. The molecular formula is C22H32N4O5. The number of piperazine rings is 1. The Balaban J connectivity index is 1.94. The Morgan fingerprint density at radius 2 is 1.87 bits per heavy atom. The smallest absolute Gasteiger partial charge is 0.308 e. The quantitative estimate of drug-likeness (QED) is 0.533. The van der Waals surface area contributed by atoms with Crippen LogP contribution in [-0.2, 0) is 19.1 Å². The molecule has 31 heavy (non-hydrogen) atoms. The normalized spacial score (nSPS) is 16.3. The average Bonchev–Trinajstić information content (AvgIpc) is 2.71. The molecule has 0 radical (unpaired) electrons. The van der Waals surface area contributed by atoms with Gasteiger partial charge in [0.2, 0.25) is 11.8 Å². The second-order valence-corrected chi connectivity index (χ2v) is 8.45. The molecule has 0 aromatic heterocycles. The lowest BCUT2D eigenvalue weighted by molar-refractivity contribution is -0.151. The molecule has 1 atom stereocenters. The van der Waals surface area contributed by atoms with Crippen LogP contribution in [0.4, 0.5) is 5.69 Å². The van der Waals surface area contributed by atoms with Gasteiger partial charge in [-0.1, -0.05) is 6.92 Å². The number of nitrogens with zero attached hydrogens (tertiary/aromatic N) is 1. The molecule has 0 aliphatic carbocycles. The summed E-state index contributed by atoms with van der Waals surface area (Å²) in [6.45, 7) is 8.50. The summed E-state index contributed by atoms with van der Waals surface area (Å²) in [6, 6.07) is 5.90. The van der Waals surface area contributed by atoms with Crippen molar-refractivity contribution in [3.63, 3.8) is 0 Å². The molecule has 0 bridgehead atoms. The lowest BCUT2D eigenvalue weighted by Crippen LogP contribution is -2.58. The Hall–Kier alpha value is -3.10. The first-order chi connectivity index (χ1) is 14.6. The van der Waals surface area contributed by atoms with Crippen molar-refractivity contribution in [2.24, 2.45) is 0 Å². The van der Waals surface area contributed by atoms with E-state index >= 15 is 0 Å². The second-order valence-electron chi connectivity index (χ2n) is 8.45. The van der Waals surface area contributed by atoms with E-state index in [1.54, 1.807) is 24.3 Å². The zero-order chi connectivity index (χ0) is 23.0. The van der Waals surface area contributed by atoms with Crippen LogP contribution in [0, 0.1) is 0 Å². The van der Waals surface area contributed by atoms with Gasteiger partial charge in [0.15, 0.2) is 0 Å². The van der Waals surface area contributed by atoms with Gasteiger partial charge in [-0.25, -0.2) is 0 Å². The van der Waals surface area contributed by atoms with Crippen molar-refractivity contribution in [2.45, 2.75) is 52.1 Å². The number of benzene rings is 1. The summed E-state index contributed by atoms with van der Waals surface area (Å²) in [4.78, 5) is 50.5. The number of carbonyl (C=O) groups excluding carboxylic acids is 4. The number of carbonyl (C=O) groups is 4. The van der Waals surface area contributed by atoms with Gasteiger partial charge >= 0.3 is 5.97 Å². The van der Waals surface area contributed by atoms with Crippen LogP contribution in [0.25, 0.3) is 0 Å². The van der Waals surface area contributed by atoms with E-state index in [4.69, 9.17) is 4.74 Å². The first-order valence-corrected chi connectivity index (χ1v) is 10.5. The van der Waals surface area contributed by atoms with Crippen LogP contribution in [0.5, 0.6) is 0 Å². The highest BCUT2D eigenvalue weighted by Gasteiger charge is 2.34. The van der Waals surface area contributed by atoms with Gasteiger partial charge in [-0.15, -0.1) is 0 Å². The SMILES string of the molecule is CCCOC(=O)CC1C(=O)NCCN1C(=O)CNc1ccc(C(=O)NC(C)(C)C)cc1. The van der Waals surface area contributed by atoms with Crippen LogP contribution < -0.4 is 16.0 Å². The van der Waals surface area contributed by atoms with Gasteiger partial charge in [-0.2, -0.15) is 0 Å². The van der Waals surface area contributed by atoms with Gasteiger partial charge in [0.25, 0.3) is 5.91 Å². The van der Waals surface area contributed by atoms with Crippen molar-refractivity contribution in [1.82, 2.24) is 15.5 Å². The molecule has 1 saturated heterocycles. The zero-order valence-corrected chi connectivity index (χ0v) is 18.6. The van der Waals surface area contributed by atoms with Crippen LogP contribution in [0.2, 0.25) is 0 Å². The predicted octanol–water partition coefficient (Wildman–Crippen LogP) is 1.30. The number of hydrogen-bond acceptors (Lipinski definition) is 6. The van der Waals surface area contributed by atoms with E-state index in [9.17, 15) is 19.2 Å². The van der Waals surface area contributed by atoms with Crippen molar-refractivity contribution >= 4 is 29.4 Å². The van der Waals surface area contributed by atoms with Gasteiger partial charge in [0.1, 0.15) is 6.04 Å². The van der Waals surface area contributed by atoms with Crippen LogP contribution in [0.1, 0.15) is 50.9 Å². The molecule has 9 heteroatoms. The number of nitrogens with one attached hydrogen (secondary N) is 3. The number of esters is 1. The number of anilines is 1. The fourth-order valence-corrected chi connectivity index (χ4v) is 3.08. The monoisotopic (exact) mass is 432 g/mol. The van der Waals surface area contributed by atoms with E-state index < -0.39 is 12.0 Å². The third kappa shape index (κ3) is 7.58. The Bertz CT molecular complexity index is 801. The molecular weight excluding hydrogens is 400 g/mol. The first-order valence-electron chi connectivity index (χ1n) is 10.5. The molecule has 1 unspecified atom stereocenters. The second kappa shape index (κ2) is 10.8. The van der Waals surface area contributed by atoms with E-state index in [1.165, 1.54) is 4.90 Å². The minimum atomic E-state index is -0.879. The Morgan fingerprint density at radius 3 is 2.48 bits per heavy atom. The van der Waals surface area contributed by atoms with E-state index in [0.717, 1.165) is 0 Å². The Kier molecular flexibility index (Phi) is 8.41. The highest BCUT2D eigenvalue weighted by Crippen LogP contribution is 2.13. The summed E-state index contributed by atoms with van der Waals surface area (Å²) in [6.07, 6.45) is 0.515. The number of rotatable bonds is 8. The maximum atomic E-state index is 12.7. The highest BCUT2D eigenvalue weighted by molar-refractivity contribution is 5.95. The van der Waals surface area contributed by atoms with Crippen LogP contribution >= 0.6 is 0 Å². The van der Waals surface area contributed by atoms with Crippen molar-refractivity contribution in [3.05, 3.63) is 29.8 Å². The summed E-state index contributed by atoms with van der Waals surface area (Å²) in [7, 11) is 0. The number of hydrogen-bond donors (Lipinski definition) is 3. The number of amides is 3. The minimum Gasteiger partial charge on any atom is -0.466 e. The van der Waals surface area contributed by atoms with E-state index in [-0.39, 0.29) is 42.8 Å². The maximum absolute atomic E-state index is 12.7. The molecule has 1 aromatic rings. The van der Waals surface area contributed by atoms with Gasteiger partial charge in [0.05, 0.1) is 19.6 Å². The fourth-order valence-electron chi connectivity index (χ4n) is 3.08. The van der Waals surface area contributed by atoms with Crippen molar-refractivity contribution in [3.8, 4) is 0 Å². The van der Waals surface area contributed by atoms with Crippen molar-refractivity contribution in [1.29, 1.82) is 0 Å². The van der Waals surface area contributed by atoms with Gasteiger partial charge in [-0.05, 0) is 51.5 Å². The van der Waals surface area contributed by atoms with Crippen molar-refractivity contribution in [2.75, 3.05) is 31.6 Å².